The van der Waals surface area contributed by atoms with Crippen molar-refractivity contribution in [2.24, 2.45) is 11.7 Å². The Morgan fingerprint density at radius 1 is 1.25 bits per heavy atom. The second-order valence-corrected chi connectivity index (χ2v) is 5.46. The Kier molecular flexibility index (Phi) is 6.26. The van der Waals surface area contributed by atoms with E-state index in [-0.39, 0.29) is 18.4 Å². The summed E-state index contributed by atoms with van der Waals surface area (Å²) in [6.45, 7) is 3.61. The number of anilines is 1. The first-order valence-corrected chi connectivity index (χ1v) is 6.85. The third-order valence-corrected chi connectivity index (χ3v) is 3.31. The molecule has 0 saturated carbocycles. The molecule has 1 aromatic rings. The maximum Gasteiger partial charge on any atom is 0.238 e. The van der Waals surface area contributed by atoms with Crippen LogP contribution in [-0.2, 0) is 9.59 Å². The number of nitrogens with one attached hydrogen (secondary N) is 2. The first kappa shape index (κ1) is 16.8. The minimum Gasteiger partial charge on any atom is -0.368 e. The molecule has 0 bridgehead atoms. The van der Waals surface area contributed by atoms with E-state index in [2.05, 4.69) is 10.6 Å². The van der Waals surface area contributed by atoms with E-state index in [1.165, 1.54) is 0 Å². The normalized spacial score (nSPS) is 12.2. The van der Waals surface area contributed by atoms with E-state index in [1.807, 2.05) is 13.8 Å². The van der Waals surface area contributed by atoms with Crippen molar-refractivity contribution in [3.05, 3.63) is 28.2 Å². The molecular weight excluding hydrogens is 301 g/mol. The van der Waals surface area contributed by atoms with E-state index in [1.54, 1.807) is 18.2 Å². The van der Waals surface area contributed by atoms with Gasteiger partial charge in [-0.15, -0.1) is 0 Å². The van der Waals surface area contributed by atoms with E-state index in [0.717, 1.165) is 0 Å². The van der Waals surface area contributed by atoms with Gasteiger partial charge in [0.2, 0.25) is 11.8 Å². The number of para-hydroxylation sites is 1. The highest BCUT2D eigenvalue weighted by molar-refractivity contribution is 6.39. The summed E-state index contributed by atoms with van der Waals surface area (Å²) in [5.74, 6) is -0.861. The molecule has 0 aliphatic rings. The predicted octanol–water partition coefficient (Wildman–Crippen LogP) is 2.03. The number of primary amides is 1. The Hall–Kier alpha value is -1.30. The Balaban J connectivity index is 2.62. The second-order valence-electron chi connectivity index (χ2n) is 4.65. The van der Waals surface area contributed by atoms with Crippen LogP contribution >= 0.6 is 23.2 Å². The fourth-order valence-corrected chi connectivity index (χ4v) is 2.16. The number of rotatable bonds is 6. The lowest BCUT2D eigenvalue weighted by Crippen LogP contribution is -2.47. The number of hydrogen-bond acceptors (Lipinski definition) is 3. The molecule has 20 heavy (non-hydrogen) atoms. The standard InChI is InChI=1S/C13H17Cl2N3O2/c1-7(2)11(13(16)20)17-6-10(19)18-12-8(14)4-3-5-9(12)15/h3-5,7,11,17H,6H2,1-2H3,(H2,16,20)(H,18,19). The van der Waals surface area contributed by atoms with Crippen LogP contribution in [0.1, 0.15) is 13.8 Å². The predicted molar refractivity (Wildman–Crippen MR) is 80.9 cm³/mol. The lowest BCUT2D eigenvalue weighted by molar-refractivity contribution is -0.121. The molecule has 0 aromatic heterocycles. The number of carbonyl (C=O) groups is 2. The zero-order valence-electron chi connectivity index (χ0n) is 11.2. The number of carbonyl (C=O) groups excluding carboxylic acids is 2. The Morgan fingerprint density at radius 2 is 1.80 bits per heavy atom. The maximum absolute atomic E-state index is 11.8. The van der Waals surface area contributed by atoms with Gasteiger partial charge in [0.25, 0.3) is 0 Å². The summed E-state index contributed by atoms with van der Waals surface area (Å²) < 4.78 is 0. The summed E-state index contributed by atoms with van der Waals surface area (Å²) in [5.41, 5.74) is 5.60. The fraction of sp³-hybridized carbons (Fsp3) is 0.385. The van der Waals surface area contributed by atoms with Crippen molar-refractivity contribution < 1.29 is 9.59 Å². The molecular formula is C13H17Cl2N3O2. The molecule has 110 valence electrons. The van der Waals surface area contributed by atoms with Crippen LogP contribution in [0.5, 0.6) is 0 Å². The monoisotopic (exact) mass is 317 g/mol. The first-order chi connectivity index (χ1) is 9.32. The lowest BCUT2D eigenvalue weighted by atomic mass is 10.0. The first-order valence-electron chi connectivity index (χ1n) is 6.09. The minimum atomic E-state index is -0.567. The molecule has 0 spiro atoms. The van der Waals surface area contributed by atoms with Crippen LogP contribution in [0.15, 0.2) is 18.2 Å². The zero-order chi connectivity index (χ0) is 15.3. The molecule has 0 aliphatic heterocycles. The Morgan fingerprint density at radius 3 is 2.25 bits per heavy atom. The highest BCUT2D eigenvalue weighted by Gasteiger charge is 2.20. The van der Waals surface area contributed by atoms with Gasteiger partial charge in [-0.05, 0) is 18.1 Å². The van der Waals surface area contributed by atoms with Crippen molar-refractivity contribution in [1.82, 2.24) is 5.32 Å². The van der Waals surface area contributed by atoms with Crippen molar-refractivity contribution in [3.8, 4) is 0 Å². The number of hydrogen-bond donors (Lipinski definition) is 3. The molecule has 1 rings (SSSR count). The van der Waals surface area contributed by atoms with Crippen molar-refractivity contribution >= 4 is 40.7 Å². The third-order valence-electron chi connectivity index (χ3n) is 2.68. The van der Waals surface area contributed by atoms with Crippen LogP contribution in [0, 0.1) is 5.92 Å². The largest absolute Gasteiger partial charge is 0.368 e. The second kappa shape index (κ2) is 7.47. The summed E-state index contributed by atoms with van der Waals surface area (Å²) in [7, 11) is 0. The topological polar surface area (TPSA) is 84.2 Å². The van der Waals surface area contributed by atoms with Gasteiger partial charge in [0.1, 0.15) is 0 Å². The molecule has 1 unspecified atom stereocenters. The number of halogens is 2. The smallest absolute Gasteiger partial charge is 0.238 e. The molecule has 0 heterocycles. The van der Waals surface area contributed by atoms with Crippen molar-refractivity contribution in [3.63, 3.8) is 0 Å². The van der Waals surface area contributed by atoms with E-state index in [4.69, 9.17) is 28.9 Å². The van der Waals surface area contributed by atoms with Crippen molar-refractivity contribution in [1.29, 1.82) is 0 Å². The van der Waals surface area contributed by atoms with E-state index < -0.39 is 11.9 Å². The average molecular weight is 318 g/mol. The summed E-state index contributed by atoms with van der Waals surface area (Å²) in [6.07, 6.45) is 0. The minimum absolute atomic E-state index is 0.01000. The molecule has 1 atom stereocenters. The molecule has 0 radical (unpaired) electrons. The summed E-state index contributed by atoms with van der Waals surface area (Å²) in [4.78, 5) is 23.0. The summed E-state index contributed by atoms with van der Waals surface area (Å²) in [6, 6.07) is 4.36. The van der Waals surface area contributed by atoms with Crippen LogP contribution in [0.2, 0.25) is 10.0 Å². The summed E-state index contributed by atoms with van der Waals surface area (Å²) >= 11 is 11.9. The van der Waals surface area contributed by atoms with Crippen LogP contribution in [0.25, 0.3) is 0 Å². The van der Waals surface area contributed by atoms with Crippen LogP contribution in [0.3, 0.4) is 0 Å². The van der Waals surface area contributed by atoms with Gasteiger partial charge in [0.05, 0.1) is 28.3 Å². The number of nitrogens with two attached hydrogens (primary N) is 1. The SMILES string of the molecule is CC(C)C(NCC(=O)Nc1c(Cl)cccc1Cl)C(N)=O. The molecule has 0 fully saturated rings. The highest BCUT2D eigenvalue weighted by Crippen LogP contribution is 2.29. The number of amides is 2. The van der Waals surface area contributed by atoms with E-state index in [0.29, 0.717) is 15.7 Å². The van der Waals surface area contributed by atoms with Gasteiger partial charge in [-0.1, -0.05) is 43.1 Å². The lowest BCUT2D eigenvalue weighted by Gasteiger charge is -2.18. The van der Waals surface area contributed by atoms with Gasteiger partial charge in [0.15, 0.2) is 0 Å². The Bertz CT molecular complexity index is 486. The van der Waals surface area contributed by atoms with Crippen molar-refractivity contribution in [2.75, 3.05) is 11.9 Å². The van der Waals surface area contributed by atoms with Crippen LogP contribution in [0.4, 0.5) is 5.69 Å². The van der Waals surface area contributed by atoms with Gasteiger partial charge in [-0.3, -0.25) is 14.9 Å². The third kappa shape index (κ3) is 4.67. The fourth-order valence-electron chi connectivity index (χ4n) is 1.67. The summed E-state index contributed by atoms with van der Waals surface area (Å²) in [5, 5.41) is 6.10. The molecule has 0 saturated heterocycles. The van der Waals surface area contributed by atoms with Crippen LogP contribution in [-0.4, -0.2) is 24.4 Å². The van der Waals surface area contributed by atoms with E-state index >= 15 is 0 Å². The zero-order valence-corrected chi connectivity index (χ0v) is 12.8. The van der Waals surface area contributed by atoms with Crippen LogP contribution < -0.4 is 16.4 Å². The quantitative estimate of drug-likeness (QED) is 0.750. The van der Waals surface area contributed by atoms with Gasteiger partial charge >= 0.3 is 0 Å². The molecule has 1 aromatic carbocycles. The Labute approximate surface area is 127 Å². The molecule has 7 heteroatoms. The van der Waals surface area contributed by atoms with Gasteiger partial charge in [0, 0.05) is 0 Å². The molecule has 0 aliphatic carbocycles. The van der Waals surface area contributed by atoms with E-state index in [9.17, 15) is 9.59 Å². The van der Waals surface area contributed by atoms with Crippen molar-refractivity contribution in [2.45, 2.75) is 19.9 Å². The average Bonchev–Trinajstić information content (AvgIpc) is 2.33. The van der Waals surface area contributed by atoms with Gasteiger partial charge in [-0.2, -0.15) is 0 Å². The molecule has 5 nitrogen and oxygen atoms in total. The molecule has 2 amide bonds. The maximum atomic E-state index is 11.8. The molecule has 4 N–H and O–H groups in total. The van der Waals surface area contributed by atoms with Gasteiger partial charge in [-0.25, -0.2) is 0 Å². The highest BCUT2D eigenvalue weighted by atomic mass is 35.5. The number of benzene rings is 1. The van der Waals surface area contributed by atoms with Gasteiger partial charge < -0.3 is 11.1 Å².